The first-order valence-corrected chi connectivity index (χ1v) is 5.94. The maximum Gasteiger partial charge on any atom is 0.462 e. The Hall–Kier alpha value is -1.84. The van der Waals surface area contributed by atoms with Gasteiger partial charge in [-0.05, 0) is 0 Å². The lowest BCUT2D eigenvalue weighted by Gasteiger charge is -2.40. The van der Waals surface area contributed by atoms with Crippen LogP contribution in [-0.2, 0) is 14.3 Å². The molecule has 5 nitrogen and oxygen atoms in total. The largest absolute Gasteiger partial charge is 0.544 e. The van der Waals surface area contributed by atoms with Crippen molar-refractivity contribution in [1.29, 1.82) is 0 Å². The van der Waals surface area contributed by atoms with E-state index in [9.17, 15) is 84.5 Å². The minimum absolute atomic E-state index is 0. The Kier molecular flexibility index (Phi) is 8.03. The zero-order valence-electron chi connectivity index (χ0n) is 13.6. The Morgan fingerprint density at radius 1 is 0.548 bits per heavy atom. The summed E-state index contributed by atoms with van der Waals surface area (Å²) in [5.41, 5.74) is 0. The maximum absolute atomic E-state index is 13.5. The van der Waals surface area contributed by atoms with Crippen LogP contribution in [-0.4, -0.2) is 54.3 Å². The highest BCUT2D eigenvalue weighted by Crippen LogP contribution is 2.56. The molecule has 0 saturated carbocycles. The second-order valence-corrected chi connectivity index (χ2v) is 4.78. The third-order valence-electron chi connectivity index (χ3n) is 2.63. The monoisotopic (exact) mass is 513 g/mol. The van der Waals surface area contributed by atoms with Crippen molar-refractivity contribution in [2.45, 2.75) is 48.4 Å². The lowest BCUT2D eigenvalue weighted by molar-refractivity contribution is -0.551. The molecule has 22 heteroatoms. The molecule has 31 heavy (non-hydrogen) atoms. The van der Waals surface area contributed by atoms with Crippen LogP contribution < -0.4 is 11.3 Å². The summed E-state index contributed by atoms with van der Waals surface area (Å²) in [5.74, 6) is -27.7. The van der Waals surface area contributed by atoms with E-state index in [0.717, 1.165) is 0 Å². The van der Waals surface area contributed by atoms with Crippen molar-refractivity contribution in [2.75, 3.05) is 0 Å². The summed E-state index contributed by atoms with van der Waals surface area (Å²) in [6, 6.07) is 0. The topological polar surface area (TPSA) is 95.1 Å². The fourth-order valence-electron chi connectivity index (χ4n) is 1.15. The summed E-state index contributed by atoms with van der Waals surface area (Å²) in [5, 5.41) is 9.97. The van der Waals surface area contributed by atoms with Crippen LogP contribution in [0.5, 0.6) is 0 Å². The zero-order chi connectivity index (χ0) is 25.0. The second kappa shape index (κ2) is 7.94. The first-order chi connectivity index (χ1) is 12.6. The molecular formula is C9H4F17NO4. The minimum Gasteiger partial charge on any atom is -0.544 e. The van der Waals surface area contributed by atoms with Crippen LogP contribution in [0, 0.1) is 0 Å². The molecule has 0 aromatic carbocycles. The van der Waals surface area contributed by atoms with Gasteiger partial charge < -0.3 is 16.1 Å². The van der Waals surface area contributed by atoms with E-state index in [1.165, 1.54) is 9.47 Å². The van der Waals surface area contributed by atoms with E-state index in [-0.39, 0.29) is 6.15 Å². The molecule has 0 aliphatic carbocycles. The van der Waals surface area contributed by atoms with Crippen LogP contribution in [0.25, 0.3) is 0 Å². The van der Waals surface area contributed by atoms with Gasteiger partial charge in [0.2, 0.25) is 0 Å². The summed E-state index contributed by atoms with van der Waals surface area (Å²) >= 11 is 0. The number of hydrogen-bond donors (Lipinski definition) is 1. The Bertz CT molecular complexity index is 653. The normalized spacial score (nSPS) is 18.6. The summed E-state index contributed by atoms with van der Waals surface area (Å²) in [7, 11) is 0. The molecule has 0 saturated heterocycles. The smallest absolute Gasteiger partial charge is 0.462 e. The van der Waals surface area contributed by atoms with E-state index < -0.39 is 54.3 Å². The molecule has 0 rings (SSSR count). The van der Waals surface area contributed by atoms with Crippen molar-refractivity contribution in [3.05, 3.63) is 0 Å². The average Bonchev–Trinajstić information content (AvgIpc) is 2.41. The van der Waals surface area contributed by atoms with Gasteiger partial charge in [-0.25, -0.2) is 0 Å². The number of carbonyl (C=O) groups is 1. The van der Waals surface area contributed by atoms with E-state index in [2.05, 4.69) is 0 Å². The number of hydrogen-bond acceptors (Lipinski definition) is 4. The van der Waals surface area contributed by atoms with Crippen LogP contribution in [0.15, 0.2) is 0 Å². The quantitative estimate of drug-likeness (QED) is 0.522. The van der Waals surface area contributed by atoms with Gasteiger partial charge in [0, 0.05) is 0 Å². The molecule has 2 atom stereocenters. The number of rotatable bonds is 7. The van der Waals surface area contributed by atoms with Crippen molar-refractivity contribution in [2.24, 2.45) is 0 Å². The number of halogens is 17. The van der Waals surface area contributed by atoms with Gasteiger partial charge in [0.25, 0.3) is 0 Å². The van der Waals surface area contributed by atoms with Crippen molar-refractivity contribution in [3.8, 4) is 0 Å². The first-order valence-electron chi connectivity index (χ1n) is 5.94. The number of quaternary nitrogens is 1. The molecule has 0 spiro atoms. The van der Waals surface area contributed by atoms with Crippen molar-refractivity contribution in [3.63, 3.8) is 0 Å². The third-order valence-corrected chi connectivity index (χ3v) is 2.63. The van der Waals surface area contributed by atoms with Crippen molar-refractivity contribution >= 4 is 5.97 Å². The first kappa shape index (κ1) is 31.3. The van der Waals surface area contributed by atoms with Crippen molar-refractivity contribution in [1.82, 2.24) is 6.15 Å². The Morgan fingerprint density at radius 3 is 1.13 bits per heavy atom. The van der Waals surface area contributed by atoms with Crippen LogP contribution in [0.4, 0.5) is 74.6 Å². The van der Waals surface area contributed by atoms with E-state index in [1.807, 2.05) is 0 Å². The molecule has 0 aromatic heterocycles. The van der Waals surface area contributed by atoms with Gasteiger partial charge in [-0.2, -0.15) is 74.6 Å². The molecule has 4 N–H and O–H groups in total. The van der Waals surface area contributed by atoms with Gasteiger partial charge in [-0.15, -0.1) is 0 Å². The Balaban J connectivity index is 0. The number of ether oxygens (including phenoxy) is 2. The second-order valence-electron chi connectivity index (χ2n) is 4.78. The molecule has 0 aliphatic heterocycles. The Labute approximate surface area is 156 Å². The van der Waals surface area contributed by atoms with Crippen LogP contribution in [0.2, 0.25) is 0 Å². The molecule has 0 amide bonds. The van der Waals surface area contributed by atoms with E-state index >= 15 is 0 Å². The molecule has 0 fully saturated rings. The maximum atomic E-state index is 13.5. The molecule has 0 bridgehead atoms. The molecule has 2 unspecified atom stereocenters. The lowest BCUT2D eigenvalue weighted by Crippen LogP contribution is -2.69. The number of alkyl halides is 17. The lowest BCUT2D eigenvalue weighted by atomic mass is 10.2. The summed E-state index contributed by atoms with van der Waals surface area (Å²) in [6.07, 6.45) is -38.9. The third kappa shape index (κ3) is 5.15. The molecule has 188 valence electrons. The highest BCUT2D eigenvalue weighted by atomic mass is 19.4. The standard InChI is InChI=1S/C9HF17O4.H3N/c10-2(1(27)28,5(14,15)16)29-9(25,26)4(13,7(20,21)22)30-8(23,24)3(11,12)6(17,18)19;/h(H,27,28);1H3. The summed E-state index contributed by atoms with van der Waals surface area (Å²) in [6.45, 7) is 0. The van der Waals surface area contributed by atoms with Gasteiger partial charge in [-0.3, -0.25) is 9.47 Å². The highest BCUT2D eigenvalue weighted by molar-refractivity contribution is 5.74. The number of carboxylic acids is 1. The average molecular weight is 513 g/mol. The number of carbonyl (C=O) groups excluding carboxylic acids is 1. The Morgan fingerprint density at radius 2 is 0.903 bits per heavy atom. The van der Waals surface area contributed by atoms with Gasteiger partial charge in [0.15, 0.2) is 0 Å². The molecule has 0 aromatic rings. The van der Waals surface area contributed by atoms with Crippen LogP contribution in [0.3, 0.4) is 0 Å². The van der Waals surface area contributed by atoms with Crippen LogP contribution >= 0.6 is 0 Å². The predicted octanol–water partition coefficient (Wildman–Crippen LogP) is 3.99. The SMILES string of the molecule is O=C([O-])C(F)(OC(F)(F)C(F)(OC(F)(F)C(F)(F)C(F)(F)F)C(F)(F)F)C(F)(F)F.[NH4+]. The minimum atomic E-state index is -8.11. The van der Waals surface area contributed by atoms with Crippen molar-refractivity contribution < 1.29 is 94.0 Å². The molecular weight excluding hydrogens is 509 g/mol. The number of aliphatic carboxylic acids is 1. The van der Waals surface area contributed by atoms with E-state index in [1.54, 1.807) is 0 Å². The van der Waals surface area contributed by atoms with Crippen LogP contribution in [0.1, 0.15) is 0 Å². The summed E-state index contributed by atoms with van der Waals surface area (Å²) < 4.78 is 215. The van der Waals surface area contributed by atoms with E-state index in [0.29, 0.717) is 0 Å². The fraction of sp³-hybridized carbons (Fsp3) is 0.889. The molecule has 0 heterocycles. The van der Waals surface area contributed by atoms with E-state index in [4.69, 9.17) is 0 Å². The molecule has 0 aliphatic rings. The molecule has 0 radical (unpaired) electrons. The summed E-state index contributed by atoms with van der Waals surface area (Å²) in [4.78, 5) is 9.97. The number of carboxylic acid groups (broad SMARTS) is 1. The van der Waals surface area contributed by atoms with Gasteiger partial charge in [-0.1, -0.05) is 0 Å². The van der Waals surface area contributed by atoms with Gasteiger partial charge >= 0.3 is 48.4 Å². The zero-order valence-corrected chi connectivity index (χ0v) is 13.6. The predicted molar refractivity (Wildman–Crippen MR) is 53.8 cm³/mol. The fourth-order valence-corrected chi connectivity index (χ4v) is 1.15. The van der Waals surface area contributed by atoms with Gasteiger partial charge in [0.05, 0.1) is 0 Å². The van der Waals surface area contributed by atoms with Gasteiger partial charge in [0.1, 0.15) is 5.97 Å². The highest BCUT2D eigenvalue weighted by Gasteiger charge is 2.85.